The van der Waals surface area contributed by atoms with Crippen molar-refractivity contribution in [1.82, 2.24) is 10.2 Å². The largest absolute Gasteiger partial charge is 0.350 e. The van der Waals surface area contributed by atoms with E-state index in [0.29, 0.717) is 27.7 Å². The summed E-state index contributed by atoms with van der Waals surface area (Å²) in [5, 5.41) is 3.73. The number of rotatable bonds is 11. The average Bonchev–Trinajstić information content (AvgIpc) is 2.92. The lowest BCUT2D eigenvalue weighted by Crippen LogP contribution is -2.55. The Bertz CT molecular complexity index is 1530. The maximum absolute atomic E-state index is 14.3. The highest BCUT2D eigenvalue weighted by Crippen LogP contribution is 2.28. The fraction of sp³-hybridized carbons (Fsp3) is 0.394. The quantitative estimate of drug-likeness (QED) is 0.236. The van der Waals surface area contributed by atoms with Crippen molar-refractivity contribution in [2.24, 2.45) is 0 Å². The van der Waals surface area contributed by atoms with E-state index < -0.39 is 34.1 Å². The van der Waals surface area contributed by atoms with Crippen LogP contribution in [0.1, 0.15) is 70.6 Å². The lowest BCUT2D eigenvalue weighted by atomic mass is 10.0. The maximum atomic E-state index is 14.3. The number of carbonyl (C=O) groups excluding carboxylic acids is 2. The van der Waals surface area contributed by atoms with Crippen molar-refractivity contribution in [3.63, 3.8) is 0 Å². The van der Waals surface area contributed by atoms with Crippen molar-refractivity contribution < 1.29 is 18.0 Å². The smallest absolute Gasteiger partial charge is 0.264 e. The molecule has 0 aliphatic heterocycles. The molecule has 7 nitrogen and oxygen atoms in total. The van der Waals surface area contributed by atoms with Crippen LogP contribution in [0.4, 0.5) is 5.69 Å². The van der Waals surface area contributed by atoms with E-state index in [2.05, 4.69) is 5.32 Å². The number of hydrogen-bond donors (Lipinski definition) is 1. The van der Waals surface area contributed by atoms with Crippen molar-refractivity contribution in [1.29, 1.82) is 0 Å². The summed E-state index contributed by atoms with van der Waals surface area (Å²) in [5.41, 5.74) is 2.32. The minimum atomic E-state index is -4.16. The predicted octanol–water partition coefficient (Wildman–Crippen LogP) is 7.34. The fourth-order valence-corrected chi connectivity index (χ4v) is 6.48. The molecule has 0 heterocycles. The lowest BCUT2D eigenvalue weighted by molar-refractivity contribution is -0.141. The van der Waals surface area contributed by atoms with Gasteiger partial charge in [-0.15, -0.1) is 0 Å². The molecule has 0 bridgehead atoms. The van der Waals surface area contributed by atoms with Crippen LogP contribution in [-0.2, 0) is 26.2 Å². The predicted molar refractivity (Wildman–Crippen MR) is 175 cm³/mol. The van der Waals surface area contributed by atoms with Gasteiger partial charge in [0.05, 0.1) is 10.6 Å². The van der Waals surface area contributed by atoms with Gasteiger partial charge in [0, 0.05) is 22.1 Å². The normalized spacial score (nSPS) is 12.6. The molecule has 0 fully saturated rings. The van der Waals surface area contributed by atoms with Gasteiger partial charge in [-0.3, -0.25) is 13.9 Å². The van der Waals surface area contributed by atoms with Crippen LogP contribution in [0, 0.1) is 6.92 Å². The van der Waals surface area contributed by atoms with Crippen molar-refractivity contribution in [2.45, 2.75) is 83.8 Å². The Morgan fingerprint density at radius 2 is 1.53 bits per heavy atom. The highest BCUT2D eigenvalue weighted by atomic mass is 35.5. The Morgan fingerprint density at radius 3 is 2.05 bits per heavy atom. The highest BCUT2D eigenvalue weighted by molar-refractivity contribution is 7.92. The standard InChI is InChI=1S/C33H41Cl2N3O4S/c1-8-30(32(40)36-33(5,6)7)37(20-25-11-14-26(34)19-29(25)35)31(39)21-38(27-15-12-24(13-16-27)22(2)3)43(41,42)28-17-9-23(4)10-18-28/h9-19,22,30H,8,20-21H2,1-7H3,(H,36,40). The monoisotopic (exact) mass is 645 g/mol. The number of aryl methyl sites for hydroxylation is 1. The third-order valence-electron chi connectivity index (χ3n) is 6.98. The van der Waals surface area contributed by atoms with Crippen LogP contribution in [0.15, 0.2) is 71.6 Å². The van der Waals surface area contributed by atoms with Crippen molar-refractivity contribution in [3.8, 4) is 0 Å². The Kier molecular flexibility index (Phi) is 11.3. The number of halogens is 2. The molecule has 1 unspecified atom stereocenters. The van der Waals surface area contributed by atoms with E-state index in [1.807, 2.05) is 60.6 Å². The topological polar surface area (TPSA) is 86.8 Å². The summed E-state index contributed by atoms with van der Waals surface area (Å²) >= 11 is 12.6. The summed E-state index contributed by atoms with van der Waals surface area (Å²) in [6, 6.07) is 17.7. The van der Waals surface area contributed by atoms with Gasteiger partial charge in [-0.2, -0.15) is 0 Å². The molecule has 0 saturated heterocycles. The molecule has 0 spiro atoms. The molecule has 43 heavy (non-hydrogen) atoms. The molecule has 232 valence electrons. The van der Waals surface area contributed by atoms with Crippen LogP contribution in [0.3, 0.4) is 0 Å². The molecule has 1 N–H and O–H groups in total. The van der Waals surface area contributed by atoms with Gasteiger partial charge in [0.1, 0.15) is 12.6 Å². The lowest BCUT2D eigenvalue weighted by Gasteiger charge is -2.35. The number of hydrogen-bond acceptors (Lipinski definition) is 4. The van der Waals surface area contributed by atoms with E-state index in [-0.39, 0.29) is 23.3 Å². The number of anilines is 1. The molecule has 0 saturated carbocycles. The van der Waals surface area contributed by atoms with Gasteiger partial charge in [0.25, 0.3) is 10.0 Å². The van der Waals surface area contributed by atoms with Gasteiger partial charge >= 0.3 is 0 Å². The van der Waals surface area contributed by atoms with E-state index in [1.54, 1.807) is 42.5 Å². The molecule has 0 aliphatic rings. The molecule has 3 aromatic rings. The second-order valence-electron chi connectivity index (χ2n) is 12.0. The second-order valence-corrected chi connectivity index (χ2v) is 14.7. The summed E-state index contributed by atoms with van der Waals surface area (Å²) < 4.78 is 29.2. The zero-order chi connectivity index (χ0) is 32.1. The summed E-state index contributed by atoms with van der Waals surface area (Å²) in [4.78, 5) is 29.2. The summed E-state index contributed by atoms with van der Waals surface area (Å²) in [7, 11) is -4.16. The molecule has 0 radical (unpaired) electrons. The SMILES string of the molecule is CCC(C(=O)NC(C)(C)C)N(Cc1ccc(Cl)cc1Cl)C(=O)CN(c1ccc(C(C)C)cc1)S(=O)(=O)c1ccc(C)cc1. The van der Waals surface area contributed by atoms with E-state index in [4.69, 9.17) is 23.2 Å². The van der Waals surface area contributed by atoms with Crippen molar-refractivity contribution in [3.05, 3.63) is 93.5 Å². The van der Waals surface area contributed by atoms with Crippen molar-refractivity contribution >= 4 is 50.7 Å². The van der Waals surface area contributed by atoms with E-state index >= 15 is 0 Å². The minimum absolute atomic E-state index is 0.0182. The van der Waals surface area contributed by atoms with Crippen LogP contribution < -0.4 is 9.62 Å². The molecule has 3 rings (SSSR count). The van der Waals surface area contributed by atoms with Gasteiger partial charge in [-0.05, 0) is 87.6 Å². The first kappa shape index (κ1) is 34.4. The molecular formula is C33H41Cl2N3O4S. The van der Waals surface area contributed by atoms with E-state index in [9.17, 15) is 18.0 Å². The molecule has 10 heteroatoms. The van der Waals surface area contributed by atoms with Crippen LogP contribution in [-0.4, -0.2) is 43.3 Å². The molecule has 3 aromatic carbocycles. The molecule has 0 aliphatic carbocycles. The van der Waals surface area contributed by atoms with Crippen LogP contribution >= 0.6 is 23.2 Å². The van der Waals surface area contributed by atoms with Crippen LogP contribution in [0.2, 0.25) is 10.0 Å². The fourth-order valence-electron chi connectivity index (χ4n) is 4.60. The Hall–Kier alpha value is -3.07. The maximum Gasteiger partial charge on any atom is 0.264 e. The average molecular weight is 647 g/mol. The summed E-state index contributed by atoms with van der Waals surface area (Å²) in [6.07, 6.45) is 0.298. The summed E-state index contributed by atoms with van der Waals surface area (Å²) in [6.45, 7) is 12.8. The second kappa shape index (κ2) is 14.1. The van der Waals surface area contributed by atoms with Gasteiger partial charge < -0.3 is 10.2 Å². The molecule has 1 atom stereocenters. The Morgan fingerprint density at radius 1 is 0.930 bits per heavy atom. The van der Waals surface area contributed by atoms with Gasteiger partial charge in [0.15, 0.2) is 0 Å². The summed E-state index contributed by atoms with van der Waals surface area (Å²) in [5.74, 6) is -0.655. The van der Waals surface area contributed by atoms with Gasteiger partial charge in [-0.1, -0.05) is 79.9 Å². The molecular weight excluding hydrogens is 605 g/mol. The van der Waals surface area contributed by atoms with Crippen LogP contribution in [0.25, 0.3) is 0 Å². The first-order valence-corrected chi connectivity index (χ1v) is 16.5. The molecule has 2 amide bonds. The van der Waals surface area contributed by atoms with Gasteiger partial charge in [0.2, 0.25) is 11.8 Å². The number of sulfonamides is 1. The third kappa shape index (κ3) is 8.97. The Labute approximate surface area is 266 Å². The minimum Gasteiger partial charge on any atom is -0.350 e. The van der Waals surface area contributed by atoms with E-state index in [1.165, 1.54) is 17.0 Å². The first-order valence-electron chi connectivity index (χ1n) is 14.3. The van der Waals surface area contributed by atoms with Gasteiger partial charge in [-0.25, -0.2) is 8.42 Å². The van der Waals surface area contributed by atoms with E-state index in [0.717, 1.165) is 15.4 Å². The first-order chi connectivity index (χ1) is 20.0. The highest BCUT2D eigenvalue weighted by Gasteiger charge is 2.35. The Balaban J connectivity index is 2.11. The zero-order valence-corrected chi connectivity index (χ0v) is 28.1. The number of amides is 2. The molecule has 0 aromatic heterocycles. The zero-order valence-electron chi connectivity index (χ0n) is 25.8. The third-order valence-corrected chi connectivity index (χ3v) is 9.35. The number of nitrogens with one attached hydrogen (secondary N) is 1. The number of carbonyl (C=O) groups is 2. The van der Waals surface area contributed by atoms with Crippen LogP contribution in [0.5, 0.6) is 0 Å². The number of benzene rings is 3. The van der Waals surface area contributed by atoms with Crippen molar-refractivity contribution in [2.75, 3.05) is 10.8 Å². The number of nitrogens with zero attached hydrogens (tertiary/aromatic N) is 2.